The molecular formula is C17H17FN2O4. The first-order valence-electron chi connectivity index (χ1n) is 7.32. The number of hydrogen-bond acceptors (Lipinski definition) is 4. The molecule has 0 spiro atoms. The molecule has 0 heterocycles. The van der Waals surface area contributed by atoms with Gasteiger partial charge in [0.2, 0.25) is 5.91 Å². The lowest BCUT2D eigenvalue weighted by molar-refractivity contribution is -0.385. The van der Waals surface area contributed by atoms with Crippen LogP contribution in [0.5, 0.6) is 5.75 Å². The maximum atomic E-state index is 12.8. The van der Waals surface area contributed by atoms with Crippen molar-refractivity contribution in [3.05, 3.63) is 70.0 Å². The highest BCUT2D eigenvalue weighted by Crippen LogP contribution is 2.18. The Kier molecular flexibility index (Phi) is 5.83. The van der Waals surface area contributed by atoms with Crippen molar-refractivity contribution >= 4 is 11.6 Å². The molecule has 2 aromatic rings. The van der Waals surface area contributed by atoms with E-state index in [9.17, 15) is 19.3 Å². The standard InChI is InChI=1S/C17H17FN2O4/c1-19(10-11-24-15-8-6-14(18)7-9-15)17(21)12-13-4-2-3-5-16(13)20(22)23/h2-9H,10-12H2,1H3. The number of carbonyl (C=O) groups excluding carboxylic acids is 1. The molecule has 0 aliphatic heterocycles. The molecule has 0 saturated heterocycles. The van der Waals surface area contributed by atoms with E-state index >= 15 is 0 Å². The van der Waals surface area contributed by atoms with Gasteiger partial charge in [0.1, 0.15) is 18.2 Å². The molecule has 6 nitrogen and oxygen atoms in total. The van der Waals surface area contributed by atoms with Crippen LogP contribution in [-0.2, 0) is 11.2 Å². The number of ether oxygens (including phenoxy) is 1. The summed E-state index contributed by atoms with van der Waals surface area (Å²) < 4.78 is 18.2. The molecule has 0 N–H and O–H groups in total. The molecule has 0 aliphatic carbocycles. The quantitative estimate of drug-likeness (QED) is 0.577. The molecule has 0 aliphatic rings. The molecule has 0 radical (unpaired) electrons. The van der Waals surface area contributed by atoms with E-state index in [0.717, 1.165) is 0 Å². The predicted molar refractivity (Wildman–Crippen MR) is 86.3 cm³/mol. The number of likely N-dealkylation sites (N-methyl/N-ethyl adjacent to an activating group) is 1. The number of hydrogen-bond donors (Lipinski definition) is 0. The molecular weight excluding hydrogens is 315 g/mol. The number of carbonyl (C=O) groups is 1. The van der Waals surface area contributed by atoms with Gasteiger partial charge in [-0.15, -0.1) is 0 Å². The minimum atomic E-state index is -0.500. The van der Waals surface area contributed by atoms with Crippen molar-refractivity contribution in [3.8, 4) is 5.75 Å². The SMILES string of the molecule is CN(CCOc1ccc(F)cc1)C(=O)Cc1ccccc1[N+](=O)[O-]. The molecule has 0 bridgehead atoms. The molecule has 0 aromatic heterocycles. The predicted octanol–water partition coefficient (Wildman–Crippen LogP) is 2.81. The van der Waals surface area contributed by atoms with Crippen LogP contribution in [0.25, 0.3) is 0 Å². The summed E-state index contributed by atoms with van der Waals surface area (Å²) >= 11 is 0. The van der Waals surface area contributed by atoms with E-state index in [0.29, 0.717) is 17.9 Å². The van der Waals surface area contributed by atoms with Crippen LogP contribution in [0.1, 0.15) is 5.56 Å². The van der Waals surface area contributed by atoms with Crippen LogP contribution in [0.2, 0.25) is 0 Å². The topological polar surface area (TPSA) is 72.7 Å². The van der Waals surface area contributed by atoms with Gasteiger partial charge < -0.3 is 9.64 Å². The number of amides is 1. The third kappa shape index (κ3) is 4.77. The minimum absolute atomic E-state index is 0.0514. The maximum absolute atomic E-state index is 12.8. The van der Waals surface area contributed by atoms with Crippen molar-refractivity contribution in [2.24, 2.45) is 0 Å². The van der Waals surface area contributed by atoms with Gasteiger partial charge in [-0.1, -0.05) is 18.2 Å². The van der Waals surface area contributed by atoms with Crippen molar-refractivity contribution in [2.75, 3.05) is 20.2 Å². The van der Waals surface area contributed by atoms with Gasteiger partial charge in [0.15, 0.2) is 0 Å². The Labute approximate surface area is 138 Å². The largest absolute Gasteiger partial charge is 0.492 e. The zero-order chi connectivity index (χ0) is 17.5. The fourth-order valence-electron chi connectivity index (χ4n) is 2.09. The Hall–Kier alpha value is -2.96. The zero-order valence-corrected chi connectivity index (χ0v) is 13.1. The molecule has 126 valence electrons. The Morgan fingerprint density at radius 1 is 1.21 bits per heavy atom. The molecule has 0 atom stereocenters. The Morgan fingerprint density at radius 2 is 1.88 bits per heavy atom. The first-order chi connectivity index (χ1) is 11.5. The number of nitro benzene ring substituents is 1. The third-order valence-electron chi connectivity index (χ3n) is 3.46. The van der Waals surface area contributed by atoms with Gasteiger partial charge in [-0.3, -0.25) is 14.9 Å². The van der Waals surface area contributed by atoms with Crippen molar-refractivity contribution in [2.45, 2.75) is 6.42 Å². The molecule has 0 saturated carbocycles. The Balaban J connectivity index is 1.86. The fourth-order valence-corrected chi connectivity index (χ4v) is 2.09. The van der Waals surface area contributed by atoms with Gasteiger partial charge in [-0.2, -0.15) is 0 Å². The Bertz CT molecular complexity index is 719. The lowest BCUT2D eigenvalue weighted by Crippen LogP contribution is -2.32. The molecule has 1 amide bonds. The minimum Gasteiger partial charge on any atom is -0.492 e. The van der Waals surface area contributed by atoms with Crippen LogP contribution in [0.4, 0.5) is 10.1 Å². The highest BCUT2D eigenvalue weighted by molar-refractivity contribution is 5.79. The Morgan fingerprint density at radius 3 is 2.54 bits per heavy atom. The summed E-state index contributed by atoms with van der Waals surface area (Å²) in [5.74, 6) is -0.0814. The van der Waals surface area contributed by atoms with Crippen LogP contribution in [0.3, 0.4) is 0 Å². The smallest absolute Gasteiger partial charge is 0.273 e. The van der Waals surface area contributed by atoms with Gasteiger partial charge >= 0.3 is 0 Å². The second-order valence-corrected chi connectivity index (χ2v) is 5.18. The first-order valence-corrected chi connectivity index (χ1v) is 7.32. The van der Waals surface area contributed by atoms with Crippen molar-refractivity contribution in [1.82, 2.24) is 4.90 Å². The van der Waals surface area contributed by atoms with Crippen molar-refractivity contribution in [3.63, 3.8) is 0 Å². The van der Waals surface area contributed by atoms with E-state index in [1.807, 2.05) is 0 Å². The molecule has 2 rings (SSSR count). The van der Waals surface area contributed by atoms with Gasteiger partial charge in [0.25, 0.3) is 5.69 Å². The summed E-state index contributed by atoms with van der Waals surface area (Å²) in [6.07, 6.45) is -0.0514. The number of nitrogens with zero attached hydrogens (tertiary/aromatic N) is 2. The van der Waals surface area contributed by atoms with Gasteiger partial charge in [-0.05, 0) is 24.3 Å². The van der Waals surface area contributed by atoms with Crippen LogP contribution >= 0.6 is 0 Å². The van der Waals surface area contributed by atoms with Crippen LogP contribution in [0, 0.1) is 15.9 Å². The highest BCUT2D eigenvalue weighted by Gasteiger charge is 2.17. The average molecular weight is 332 g/mol. The molecule has 2 aromatic carbocycles. The van der Waals surface area contributed by atoms with E-state index in [1.54, 1.807) is 25.2 Å². The number of nitro groups is 1. The van der Waals surface area contributed by atoms with Crippen molar-refractivity contribution in [1.29, 1.82) is 0 Å². The maximum Gasteiger partial charge on any atom is 0.273 e. The number of halogens is 1. The van der Waals surface area contributed by atoms with Crippen LogP contribution in [-0.4, -0.2) is 35.9 Å². The van der Waals surface area contributed by atoms with E-state index in [4.69, 9.17) is 4.74 Å². The van der Waals surface area contributed by atoms with Gasteiger partial charge in [0.05, 0.1) is 17.9 Å². The molecule has 24 heavy (non-hydrogen) atoms. The lowest BCUT2D eigenvalue weighted by atomic mass is 10.1. The summed E-state index contributed by atoms with van der Waals surface area (Å²) in [5.41, 5.74) is 0.306. The van der Waals surface area contributed by atoms with E-state index in [1.165, 1.54) is 35.2 Å². The second-order valence-electron chi connectivity index (χ2n) is 5.18. The normalized spacial score (nSPS) is 10.2. The molecule has 7 heteroatoms. The first kappa shape index (κ1) is 17.4. The number of para-hydroxylation sites is 1. The summed E-state index contributed by atoms with van der Waals surface area (Å²) in [7, 11) is 1.60. The van der Waals surface area contributed by atoms with Crippen LogP contribution in [0.15, 0.2) is 48.5 Å². The summed E-state index contributed by atoms with van der Waals surface area (Å²) in [5, 5.41) is 11.0. The van der Waals surface area contributed by atoms with E-state index in [2.05, 4.69) is 0 Å². The van der Waals surface area contributed by atoms with Crippen LogP contribution < -0.4 is 4.74 Å². The van der Waals surface area contributed by atoms with Gasteiger partial charge in [0, 0.05) is 18.7 Å². The fraction of sp³-hybridized carbons (Fsp3) is 0.235. The second kappa shape index (κ2) is 8.05. The number of benzene rings is 2. The highest BCUT2D eigenvalue weighted by atomic mass is 19.1. The number of rotatable bonds is 7. The summed E-state index contributed by atoms with van der Waals surface area (Å²) in [4.78, 5) is 24.1. The monoisotopic (exact) mass is 332 g/mol. The summed E-state index contributed by atoms with van der Waals surface area (Å²) in [6.45, 7) is 0.557. The van der Waals surface area contributed by atoms with Crippen molar-refractivity contribution < 1.29 is 18.8 Å². The van der Waals surface area contributed by atoms with E-state index < -0.39 is 4.92 Å². The molecule has 0 fully saturated rings. The van der Waals surface area contributed by atoms with E-state index in [-0.39, 0.29) is 30.4 Å². The summed E-state index contributed by atoms with van der Waals surface area (Å²) in [6, 6.07) is 11.8. The lowest BCUT2D eigenvalue weighted by Gasteiger charge is -2.17. The van der Waals surface area contributed by atoms with Gasteiger partial charge in [-0.25, -0.2) is 4.39 Å². The average Bonchev–Trinajstić information content (AvgIpc) is 2.56. The third-order valence-corrected chi connectivity index (χ3v) is 3.46. The molecule has 0 unspecified atom stereocenters. The zero-order valence-electron chi connectivity index (χ0n) is 13.1.